The number of hydrogen-bond acceptors (Lipinski definition) is 3. The lowest BCUT2D eigenvalue weighted by atomic mass is 10.1. The van der Waals surface area contributed by atoms with Crippen LogP contribution in [0.15, 0.2) is 59.1 Å². The Balaban J connectivity index is 1.41. The van der Waals surface area contributed by atoms with Gasteiger partial charge in [-0.05, 0) is 55.3 Å². The zero-order valence-corrected chi connectivity index (χ0v) is 18.3. The normalized spacial score (nSPS) is 10.8. The van der Waals surface area contributed by atoms with Crippen LogP contribution >= 0.6 is 15.9 Å². The fourth-order valence-electron chi connectivity index (χ4n) is 3.08. The van der Waals surface area contributed by atoms with Crippen molar-refractivity contribution in [2.24, 2.45) is 0 Å². The van der Waals surface area contributed by atoms with Gasteiger partial charge in [0.15, 0.2) is 5.78 Å². The molecule has 7 heteroatoms. The topological polar surface area (TPSA) is 66.1 Å². The quantitative estimate of drug-likeness (QED) is 0.444. The molecule has 5 nitrogen and oxygen atoms in total. The highest BCUT2D eigenvalue weighted by atomic mass is 79.9. The molecule has 0 spiro atoms. The Morgan fingerprint density at radius 3 is 2.47 bits per heavy atom. The van der Waals surface area contributed by atoms with E-state index < -0.39 is 0 Å². The number of carbonyl (C=O) groups excluding carboxylic acids is 2. The van der Waals surface area contributed by atoms with Crippen LogP contribution in [0.1, 0.15) is 35.3 Å². The summed E-state index contributed by atoms with van der Waals surface area (Å²) in [6.07, 6.45) is 1.91. The van der Waals surface area contributed by atoms with Crippen molar-refractivity contribution in [1.29, 1.82) is 0 Å². The summed E-state index contributed by atoms with van der Waals surface area (Å²) in [6.45, 7) is 0.593. The minimum Gasteiger partial charge on any atom is -0.346 e. The Morgan fingerprint density at radius 2 is 1.77 bits per heavy atom. The number of Topliss-reactive ketones (excluding diaryl/α,β-unsaturated/α-hetero) is 1. The van der Waals surface area contributed by atoms with Gasteiger partial charge in [0.25, 0.3) is 0 Å². The largest absolute Gasteiger partial charge is 0.346 e. The second kappa shape index (κ2) is 10.3. The number of benzene rings is 2. The minimum absolute atomic E-state index is 0.0324. The molecule has 1 heterocycles. The zero-order chi connectivity index (χ0) is 21.5. The summed E-state index contributed by atoms with van der Waals surface area (Å²) in [5.74, 6) is -0.354. The molecular formula is C23H23BrFN3O2. The van der Waals surface area contributed by atoms with Gasteiger partial charge in [-0.25, -0.2) is 4.39 Å². The van der Waals surface area contributed by atoms with E-state index in [-0.39, 0.29) is 30.3 Å². The van der Waals surface area contributed by atoms with Gasteiger partial charge in [-0.3, -0.25) is 14.7 Å². The molecule has 0 fully saturated rings. The number of nitrogens with zero attached hydrogens (tertiary/aromatic N) is 2. The summed E-state index contributed by atoms with van der Waals surface area (Å²) >= 11 is 3.34. The number of aryl methyl sites for hydroxylation is 1. The van der Waals surface area contributed by atoms with Crippen molar-refractivity contribution in [3.63, 3.8) is 0 Å². The maximum atomic E-state index is 13.0. The van der Waals surface area contributed by atoms with Gasteiger partial charge < -0.3 is 4.90 Å². The Bertz CT molecular complexity index is 1000. The smallest absolute Gasteiger partial charge is 0.222 e. The average molecular weight is 472 g/mol. The molecule has 0 aliphatic carbocycles. The average Bonchev–Trinajstić information content (AvgIpc) is 3.21. The van der Waals surface area contributed by atoms with Gasteiger partial charge in [-0.15, -0.1) is 0 Å². The van der Waals surface area contributed by atoms with Crippen LogP contribution in [0.5, 0.6) is 0 Å². The third-order valence-corrected chi connectivity index (χ3v) is 5.40. The highest BCUT2D eigenvalue weighted by molar-refractivity contribution is 9.10. The molecule has 30 heavy (non-hydrogen) atoms. The van der Waals surface area contributed by atoms with Crippen LogP contribution in [0.25, 0.3) is 11.3 Å². The van der Waals surface area contributed by atoms with E-state index in [4.69, 9.17) is 0 Å². The lowest BCUT2D eigenvalue weighted by Crippen LogP contribution is -2.28. The van der Waals surface area contributed by atoms with Gasteiger partial charge in [0.2, 0.25) is 5.91 Å². The van der Waals surface area contributed by atoms with Crippen LogP contribution < -0.4 is 0 Å². The van der Waals surface area contributed by atoms with Crippen molar-refractivity contribution in [3.05, 3.63) is 76.1 Å². The number of hydrogen-bond donors (Lipinski definition) is 1. The number of halogens is 2. The van der Waals surface area contributed by atoms with Crippen molar-refractivity contribution in [2.75, 3.05) is 13.6 Å². The van der Waals surface area contributed by atoms with Crippen LogP contribution in [0.3, 0.4) is 0 Å². The molecule has 0 saturated carbocycles. The number of aromatic nitrogens is 2. The predicted octanol–water partition coefficient (Wildman–Crippen LogP) is 5.03. The number of ketones is 1. The second-order valence-corrected chi connectivity index (χ2v) is 8.05. The molecule has 3 aromatic rings. The lowest BCUT2D eigenvalue weighted by molar-refractivity contribution is -0.129. The predicted molar refractivity (Wildman–Crippen MR) is 118 cm³/mol. The first kappa shape index (κ1) is 21.9. The summed E-state index contributed by atoms with van der Waals surface area (Å²) in [5, 5.41) is 7.25. The summed E-state index contributed by atoms with van der Waals surface area (Å²) in [7, 11) is 1.75. The monoisotopic (exact) mass is 471 g/mol. The molecular weight excluding hydrogens is 449 g/mol. The van der Waals surface area contributed by atoms with Crippen molar-refractivity contribution < 1.29 is 14.0 Å². The Kier molecular flexibility index (Phi) is 7.52. The number of rotatable bonds is 9. The van der Waals surface area contributed by atoms with Gasteiger partial charge in [-0.2, -0.15) is 5.10 Å². The number of amides is 1. The fourth-order valence-corrected chi connectivity index (χ4v) is 3.35. The first-order valence-corrected chi connectivity index (χ1v) is 10.5. The molecule has 1 N–H and O–H groups in total. The number of H-pyrrole nitrogens is 1. The van der Waals surface area contributed by atoms with Crippen molar-refractivity contribution in [1.82, 2.24) is 15.1 Å². The molecule has 0 saturated heterocycles. The maximum Gasteiger partial charge on any atom is 0.222 e. The first-order chi connectivity index (χ1) is 14.4. The van der Waals surface area contributed by atoms with Gasteiger partial charge in [-0.1, -0.05) is 28.1 Å². The molecule has 0 bridgehead atoms. The van der Waals surface area contributed by atoms with E-state index in [2.05, 4.69) is 26.1 Å². The highest BCUT2D eigenvalue weighted by Gasteiger charge is 2.13. The molecule has 0 aliphatic rings. The van der Waals surface area contributed by atoms with E-state index in [0.717, 1.165) is 34.3 Å². The van der Waals surface area contributed by atoms with E-state index in [1.807, 2.05) is 18.2 Å². The minimum atomic E-state index is -0.277. The van der Waals surface area contributed by atoms with Crippen LogP contribution in [0, 0.1) is 5.82 Å². The van der Waals surface area contributed by atoms with E-state index in [1.54, 1.807) is 36.2 Å². The van der Waals surface area contributed by atoms with E-state index in [0.29, 0.717) is 12.1 Å². The second-order valence-electron chi connectivity index (χ2n) is 7.13. The Hall–Kier alpha value is -2.80. The van der Waals surface area contributed by atoms with Crippen molar-refractivity contribution in [2.45, 2.75) is 25.7 Å². The van der Waals surface area contributed by atoms with Crippen LogP contribution in [-0.4, -0.2) is 40.4 Å². The number of nitrogens with one attached hydrogen (secondary N) is 1. The SMILES string of the molecule is CN(CCCc1cc(-c2ccc(F)cc2)n[nH]1)C(=O)CCC(=O)c1ccc(Br)cc1. The molecule has 3 rings (SSSR count). The maximum absolute atomic E-state index is 13.0. The zero-order valence-electron chi connectivity index (χ0n) is 16.7. The summed E-state index contributed by atoms with van der Waals surface area (Å²) in [4.78, 5) is 26.2. The highest BCUT2D eigenvalue weighted by Crippen LogP contribution is 2.18. The Labute approximate surface area is 183 Å². The van der Waals surface area contributed by atoms with E-state index in [9.17, 15) is 14.0 Å². The van der Waals surface area contributed by atoms with E-state index in [1.165, 1.54) is 12.1 Å². The van der Waals surface area contributed by atoms with Crippen molar-refractivity contribution in [3.8, 4) is 11.3 Å². The van der Waals surface area contributed by atoms with Gasteiger partial charge in [0, 0.05) is 47.7 Å². The lowest BCUT2D eigenvalue weighted by Gasteiger charge is -2.16. The number of aromatic amines is 1. The molecule has 2 aromatic carbocycles. The fraction of sp³-hybridized carbons (Fsp3) is 0.261. The molecule has 0 aliphatic heterocycles. The summed E-state index contributed by atoms with van der Waals surface area (Å²) < 4.78 is 13.9. The van der Waals surface area contributed by atoms with Crippen LogP contribution in [-0.2, 0) is 11.2 Å². The first-order valence-electron chi connectivity index (χ1n) is 9.75. The van der Waals surface area contributed by atoms with Crippen molar-refractivity contribution >= 4 is 27.6 Å². The molecule has 1 amide bonds. The molecule has 156 valence electrons. The Morgan fingerprint density at radius 1 is 1.07 bits per heavy atom. The third kappa shape index (κ3) is 6.10. The van der Waals surface area contributed by atoms with Crippen LogP contribution in [0.2, 0.25) is 0 Å². The summed E-state index contributed by atoms with van der Waals surface area (Å²) in [6, 6.07) is 15.3. The third-order valence-electron chi connectivity index (χ3n) is 4.87. The van der Waals surface area contributed by atoms with Crippen LogP contribution in [0.4, 0.5) is 4.39 Å². The molecule has 0 radical (unpaired) electrons. The van der Waals surface area contributed by atoms with Gasteiger partial charge in [0.05, 0.1) is 5.69 Å². The van der Waals surface area contributed by atoms with Gasteiger partial charge in [0.1, 0.15) is 5.82 Å². The molecule has 0 unspecified atom stereocenters. The molecule has 1 aromatic heterocycles. The standard InChI is InChI=1S/C23H23BrFN3O2/c1-28(23(30)13-12-22(29)17-4-8-18(24)9-5-17)14-2-3-20-15-21(27-26-20)16-6-10-19(25)11-7-16/h4-11,15H,2-3,12-14H2,1H3,(H,26,27). The van der Waals surface area contributed by atoms with Gasteiger partial charge >= 0.3 is 0 Å². The summed E-state index contributed by atoms with van der Waals surface area (Å²) in [5.41, 5.74) is 3.19. The molecule has 0 atom stereocenters. The number of carbonyl (C=O) groups is 2. The van der Waals surface area contributed by atoms with E-state index >= 15 is 0 Å².